The van der Waals surface area contributed by atoms with Crippen LogP contribution in [0.3, 0.4) is 0 Å². The van der Waals surface area contributed by atoms with Crippen molar-refractivity contribution in [1.29, 1.82) is 0 Å². The number of amides is 3. The molecule has 3 rings (SSSR count). The van der Waals surface area contributed by atoms with Crippen LogP contribution >= 0.6 is 0 Å². The van der Waals surface area contributed by atoms with E-state index in [9.17, 15) is 22.4 Å². The van der Waals surface area contributed by atoms with Gasteiger partial charge in [0.15, 0.2) is 11.6 Å². The highest BCUT2D eigenvalue weighted by molar-refractivity contribution is 7.89. The molecule has 2 N–H and O–H groups in total. The molecule has 1 saturated carbocycles. The van der Waals surface area contributed by atoms with Gasteiger partial charge >= 0.3 is 6.03 Å². The van der Waals surface area contributed by atoms with Crippen molar-refractivity contribution in [1.82, 2.24) is 14.9 Å². The van der Waals surface area contributed by atoms with Crippen molar-refractivity contribution in [2.24, 2.45) is 5.92 Å². The topological polar surface area (TPSA) is 114 Å². The van der Waals surface area contributed by atoms with Crippen LogP contribution in [0.1, 0.15) is 25.7 Å². The second-order valence-corrected chi connectivity index (χ2v) is 9.07. The number of urea groups is 1. The van der Waals surface area contributed by atoms with Crippen LogP contribution in [0, 0.1) is 11.7 Å². The second-order valence-electron chi connectivity index (χ2n) is 7.30. The molecule has 0 aromatic heterocycles. The van der Waals surface area contributed by atoms with E-state index in [-0.39, 0.29) is 36.1 Å². The number of halogens is 1. The van der Waals surface area contributed by atoms with Crippen LogP contribution in [-0.4, -0.2) is 64.7 Å². The fraction of sp³-hybridized carbons (Fsp3) is 0.579. The van der Waals surface area contributed by atoms with Gasteiger partial charge in [-0.2, -0.15) is 0 Å². The lowest BCUT2D eigenvalue weighted by Crippen LogP contribution is -2.49. The van der Waals surface area contributed by atoms with E-state index in [1.54, 1.807) is 0 Å². The molecule has 0 radical (unpaired) electrons. The van der Waals surface area contributed by atoms with Crippen LogP contribution in [0.25, 0.3) is 0 Å². The van der Waals surface area contributed by atoms with Crippen LogP contribution in [0.2, 0.25) is 0 Å². The smallest absolute Gasteiger partial charge is 0.324 e. The minimum atomic E-state index is -3.81. The lowest BCUT2D eigenvalue weighted by molar-refractivity contribution is -0.121. The molecular weight excluding hydrogens is 417 g/mol. The highest BCUT2D eigenvalue weighted by Crippen LogP contribution is 2.30. The van der Waals surface area contributed by atoms with Gasteiger partial charge in [0.25, 0.3) is 0 Å². The summed E-state index contributed by atoms with van der Waals surface area (Å²) in [6, 6.07) is 3.06. The molecule has 30 heavy (non-hydrogen) atoms. The third-order valence-corrected chi connectivity index (χ3v) is 6.24. The van der Waals surface area contributed by atoms with E-state index in [2.05, 4.69) is 10.0 Å². The summed E-state index contributed by atoms with van der Waals surface area (Å²) in [4.78, 5) is 24.1. The third-order valence-electron chi connectivity index (χ3n) is 4.78. The molecule has 0 atom stereocenters. The van der Waals surface area contributed by atoms with Crippen molar-refractivity contribution in [3.8, 4) is 5.75 Å². The van der Waals surface area contributed by atoms with Gasteiger partial charge in [0.1, 0.15) is 0 Å². The predicted octanol–water partition coefficient (Wildman–Crippen LogP) is 1.24. The first kappa shape index (κ1) is 22.4. The Kier molecular flexibility index (Phi) is 7.62. The normalized spacial score (nSPS) is 17.2. The Balaban J connectivity index is 1.35. The van der Waals surface area contributed by atoms with Crippen molar-refractivity contribution >= 4 is 22.0 Å². The van der Waals surface area contributed by atoms with E-state index in [1.165, 1.54) is 17.0 Å². The number of sulfonamides is 1. The molecule has 3 amide bonds. The molecule has 1 aromatic rings. The standard InChI is InChI=1S/C19H26FN3O6S/c20-16-5-4-15(12-17(16)29-13-14-2-3-14)30(26,27)21-7-11-28-10-1-8-23-9-6-18(24)22-19(23)25/h4-5,12,14,21H,1-3,6-11,13H2,(H,22,24,25). The Labute approximate surface area is 174 Å². The van der Waals surface area contributed by atoms with E-state index in [1.807, 2.05) is 0 Å². The first-order valence-electron chi connectivity index (χ1n) is 9.93. The molecule has 0 spiro atoms. The summed E-state index contributed by atoms with van der Waals surface area (Å²) < 4.78 is 51.8. The Morgan fingerprint density at radius 3 is 2.77 bits per heavy atom. The van der Waals surface area contributed by atoms with Gasteiger partial charge in [-0.3, -0.25) is 10.1 Å². The number of imide groups is 1. The van der Waals surface area contributed by atoms with Gasteiger partial charge in [-0.15, -0.1) is 0 Å². The molecule has 0 unspecified atom stereocenters. The summed E-state index contributed by atoms with van der Waals surface area (Å²) in [5.41, 5.74) is 0. The largest absolute Gasteiger partial charge is 0.490 e. The molecule has 2 fully saturated rings. The fourth-order valence-electron chi connectivity index (χ4n) is 2.86. The van der Waals surface area contributed by atoms with Gasteiger partial charge in [-0.25, -0.2) is 22.3 Å². The number of benzene rings is 1. The number of hydrogen-bond acceptors (Lipinski definition) is 6. The van der Waals surface area contributed by atoms with Crippen molar-refractivity contribution < 1.29 is 31.9 Å². The monoisotopic (exact) mass is 443 g/mol. The quantitative estimate of drug-likeness (QED) is 0.470. The van der Waals surface area contributed by atoms with Gasteiger partial charge in [0.2, 0.25) is 15.9 Å². The van der Waals surface area contributed by atoms with E-state index >= 15 is 0 Å². The summed E-state index contributed by atoms with van der Waals surface area (Å²) in [5, 5.41) is 2.24. The Bertz CT molecular complexity index is 875. The summed E-state index contributed by atoms with van der Waals surface area (Å²) in [7, 11) is -3.81. The Hall–Kier alpha value is -2.24. The zero-order valence-electron chi connectivity index (χ0n) is 16.6. The van der Waals surface area contributed by atoms with E-state index in [4.69, 9.17) is 9.47 Å². The average molecular weight is 443 g/mol. The van der Waals surface area contributed by atoms with E-state index < -0.39 is 21.9 Å². The second kappa shape index (κ2) is 10.2. The van der Waals surface area contributed by atoms with Gasteiger partial charge in [-0.1, -0.05) is 0 Å². The SMILES string of the molecule is O=C1CCN(CCCOCCNS(=O)(=O)c2ccc(F)c(OCC3CC3)c2)C(=O)N1. The van der Waals surface area contributed by atoms with Crippen molar-refractivity contribution in [2.45, 2.75) is 30.6 Å². The maximum absolute atomic E-state index is 13.8. The molecule has 1 saturated heterocycles. The highest BCUT2D eigenvalue weighted by atomic mass is 32.2. The molecule has 1 aliphatic carbocycles. The van der Waals surface area contributed by atoms with E-state index in [0.29, 0.717) is 38.6 Å². The molecule has 2 aliphatic rings. The van der Waals surface area contributed by atoms with Gasteiger partial charge in [-0.05, 0) is 37.3 Å². The molecule has 0 bridgehead atoms. The lowest BCUT2D eigenvalue weighted by Gasteiger charge is -2.26. The molecule has 1 heterocycles. The summed E-state index contributed by atoms with van der Waals surface area (Å²) in [6.45, 7) is 1.76. The molecule has 166 valence electrons. The van der Waals surface area contributed by atoms with Crippen molar-refractivity contribution in [3.63, 3.8) is 0 Å². The van der Waals surface area contributed by atoms with Crippen LogP contribution in [0.15, 0.2) is 23.1 Å². The van der Waals surface area contributed by atoms with Crippen molar-refractivity contribution in [3.05, 3.63) is 24.0 Å². The first-order chi connectivity index (χ1) is 14.3. The van der Waals surface area contributed by atoms with Gasteiger partial charge in [0, 0.05) is 38.7 Å². The summed E-state index contributed by atoms with van der Waals surface area (Å²) in [5.74, 6) is -0.511. The van der Waals surface area contributed by atoms with Gasteiger partial charge in [0.05, 0.1) is 18.1 Å². The number of rotatable bonds is 12. The molecule has 9 nitrogen and oxygen atoms in total. The molecule has 1 aliphatic heterocycles. The fourth-order valence-corrected chi connectivity index (χ4v) is 3.89. The predicted molar refractivity (Wildman–Crippen MR) is 105 cm³/mol. The zero-order valence-corrected chi connectivity index (χ0v) is 17.4. The molecular formula is C19H26FN3O6S. The Morgan fingerprint density at radius 2 is 2.03 bits per heavy atom. The third kappa shape index (κ3) is 6.64. The average Bonchev–Trinajstić information content (AvgIpc) is 3.52. The number of nitrogens with one attached hydrogen (secondary N) is 2. The Morgan fingerprint density at radius 1 is 1.23 bits per heavy atom. The number of ether oxygens (including phenoxy) is 2. The highest BCUT2D eigenvalue weighted by Gasteiger charge is 2.24. The van der Waals surface area contributed by atoms with Gasteiger partial charge < -0.3 is 14.4 Å². The van der Waals surface area contributed by atoms with E-state index in [0.717, 1.165) is 18.9 Å². The number of nitrogens with zero attached hydrogens (tertiary/aromatic N) is 1. The minimum Gasteiger partial charge on any atom is -0.490 e. The lowest BCUT2D eigenvalue weighted by atomic mass is 10.3. The zero-order chi connectivity index (χ0) is 21.6. The maximum atomic E-state index is 13.8. The minimum absolute atomic E-state index is 0.0523. The van der Waals surface area contributed by atoms with Crippen LogP contribution < -0.4 is 14.8 Å². The summed E-state index contributed by atoms with van der Waals surface area (Å²) >= 11 is 0. The first-order valence-corrected chi connectivity index (χ1v) is 11.4. The number of carbonyl (C=O) groups is 2. The molecule has 1 aromatic carbocycles. The summed E-state index contributed by atoms with van der Waals surface area (Å²) in [6.07, 6.45) is 2.94. The van der Waals surface area contributed by atoms with Crippen LogP contribution in [0.4, 0.5) is 9.18 Å². The maximum Gasteiger partial charge on any atom is 0.324 e. The number of carbonyl (C=O) groups excluding carboxylic acids is 2. The van der Waals surface area contributed by atoms with Crippen molar-refractivity contribution in [2.75, 3.05) is 39.5 Å². The van der Waals surface area contributed by atoms with Crippen LogP contribution in [0.5, 0.6) is 5.75 Å². The van der Waals surface area contributed by atoms with Crippen LogP contribution in [-0.2, 0) is 19.6 Å². The molecule has 11 heteroatoms. The number of hydrogen-bond donors (Lipinski definition) is 2.